The zero-order valence-corrected chi connectivity index (χ0v) is 17.6. The first-order valence-electron chi connectivity index (χ1n) is 9.46. The van der Waals surface area contributed by atoms with Gasteiger partial charge in [-0.25, -0.2) is 10.9 Å². The Kier molecular flexibility index (Phi) is 5.74. The molecule has 5 unspecified atom stereocenters. The van der Waals surface area contributed by atoms with Crippen molar-refractivity contribution in [3.63, 3.8) is 0 Å². The quantitative estimate of drug-likeness (QED) is 0.383. The highest BCUT2D eigenvalue weighted by atomic mass is 79.9. The lowest BCUT2D eigenvalue weighted by Gasteiger charge is -2.39. The molecule has 2 fully saturated rings. The number of carboxylic acid groups (broad SMARTS) is 1. The number of nitrogens with one attached hydrogen (secondary N) is 3. The van der Waals surface area contributed by atoms with Crippen LogP contribution in [0.2, 0.25) is 0 Å². The van der Waals surface area contributed by atoms with Gasteiger partial charge in [-0.3, -0.25) is 20.2 Å². The zero-order valence-electron chi connectivity index (χ0n) is 16.0. The Morgan fingerprint density at radius 3 is 2.50 bits per heavy atom. The highest BCUT2D eigenvalue weighted by Gasteiger charge is 2.49. The summed E-state index contributed by atoms with van der Waals surface area (Å²) in [7, 11) is 1.59. The summed E-state index contributed by atoms with van der Waals surface area (Å²) in [5.74, 6) is -1.02. The van der Waals surface area contributed by atoms with Gasteiger partial charge in [-0.15, -0.1) is 0 Å². The van der Waals surface area contributed by atoms with E-state index in [-0.39, 0.29) is 29.9 Å². The van der Waals surface area contributed by atoms with Crippen molar-refractivity contribution in [2.75, 3.05) is 7.11 Å². The predicted octanol–water partition coefficient (Wildman–Crippen LogP) is 2.89. The number of nitrogens with zero attached hydrogens (tertiary/aromatic N) is 1. The van der Waals surface area contributed by atoms with Gasteiger partial charge in [0.05, 0.1) is 34.6 Å². The summed E-state index contributed by atoms with van der Waals surface area (Å²) >= 11 is 3.49. The van der Waals surface area contributed by atoms with Crippen molar-refractivity contribution in [2.45, 2.75) is 24.7 Å². The number of hydrogen-bond acceptors (Lipinski definition) is 7. The number of ether oxygens (including phenoxy) is 1. The largest absolute Gasteiger partial charge is 0.496 e. The molecule has 0 aromatic heterocycles. The molecule has 0 aliphatic carbocycles. The van der Waals surface area contributed by atoms with Crippen LogP contribution in [0, 0.1) is 22.0 Å². The fraction of sp³-hybridized carbons (Fsp3) is 0.350. The molecule has 0 radical (unpaired) electrons. The molecule has 0 saturated carbocycles. The van der Waals surface area contributed by atoms with Crippen molar-refractivity contribution in [1.29, 1.82) is 0 Å². The average molecular weight is 477 g/mol. The maximum absolute atomic E-state index is 12.2. The number of aliphatic carboxylic acids is 1. The number of nitro groups is 1. The minimum atomic E-state index is -0.860. The van der Waals surface area contributed by atoms with Gasteiger partial charge in [-0.2, -0.15) is 0 Å². The van der Waals surface area contributed by atoms with Crippen molar-refractivity contribution >= 4 is 27.6 Å². The van der Waals surface area contributed by atoms with Gasteiger partial charge in [0.15, 0.2) is 0 Å². The van der Waals surface area contributed by atoms with Gasteiger partial charge >= 0.3 is 5.97 Å². The van der Waals surface area contributed by atoms with Crippen molar-refractivity contribution in [2.24, 2.45) is 11.8 Å². The first-order valence-corrected chi connectivity index (χ1v) is 10.3. The van der Waals surface area contributed by atoms with E-state index in [1.54, 1.807) is 19.2 Å². The van der Waals surface area contributed by atoms with Crippen LogP contribution in [0.5, 0.6) is 5.75 Å². The Bertz CT molecular complexity index is 970. The number of carbonyl (C=O) groups is 1. The second-order valence-corrected chi connectivity index (χ2v) is 8.32. The molecule has 2 aliphatic heterocycles. The van der Waals surface area contributed by atoms with Crippen LogP contribution in [0.3, 0.4) is 0 Å². The SMILES string of the molecule is COc1ccc(C2CC(C(=O)O)C3C(NNC3c3ccc([N+](=O)[O-])cc3)N2)cc1Br. The van der Waals surface area contributed by atoms with E-state index >= 15 is 0 Å². The maximum atomic E-state index is 12.2. The number of halogens is 1. The molecule has 2 heterocycles. The summed E-state index contributed by atoms with van der Waals surface area (Å²) < 4.78 is 6.08. The van der Waals surface area contributed by atoms with Crippen LogP contribution in [0.4, 0.5) is 5.69 Å². The monoisotopic (exact) mass is 476 g/mol. The van der Waals surface area contributed by atoms with E-state index in [9.17, 15) is 20.0 Å². The lowest BCUT2D eigenvalue weighted by molar-refractivity contribution is -0.384. The number of piperidine rings is 1. The summed E-state index contributed by atoms with van der Waals surface area (Å²) in [6.07, 6.45) is 0.146. The maximum Gasteiger partial charge on any atom is 0.307 e. The second kappa shape index (κ2) is 8.31. The Hall–Kier alpha value is -2.53. The third-order valence-electron chi connectivity index (χ3n) is 5.86. The third kappa shape index (κ3) is 3.79. The molecular formula is C20H21BrN4O5. The number of nitro benzene ring substituents is 1. The molecule has 30 heavy (non-hydrogen) atoms. The van der Waals surface area contributed by atoms with Crippen LogP contribution < -0.4 is 20.9 Å². The minimum absolute atomic E-state index is 0.00274. The van der Waals surface area contributed by atoms with Crippen LogP contribution in [-0.4, -0.2) is 29.3 Å². The van der Waals surface area contributed by atoms with E-state index in [0.29, 0.717) is 12.2 Å². The van der Waals surface area contributed by atoms with Gasteiger partial charge in [0.1, 0.15) is 5.75 Å². The van der Waals surface area contributed by atoms with Gasteiger partial charge in [-0.1, -0.05) is 18.2 Å². The molecule has 4 rings (SSSR count). The first kappa shape index (κ1) is 20.7. The van der Waals surface area contributed by atoms with Crippen LogP contribution in [0.1, 0.15) is 29.6 Å². The standard InChI is InChI=1S/C20H21BrN4O5/c1-30-16-7-4-11(8-14(16)21)15-9-13(20(26)27)17-18(23-24-19(17)22-15)10-2-5-12(6-3-10)25(28)29/h2-8,13,15,17-19,22-24H,9H2,1H3,(H,26,27). The molecule has 10 heteroatoms. The molecule has 2 aromatic rings. The summed E-state index contributed by atoms with van der Waals surface area (Å²) in [5.41, 5.74) is 8.12. The Balaban J connectivity index is 1.60. The van der Waals surface area contributed by atoms with Crippen LogP contribution in [-0.2, 0) is 4.79 Å². The lowest BCUT2D eigenvalue weighted by Crippen LogP contribution is -2.53. The third-order valence-corrected chi connectivity index (χ3v) is 6.48. The molecule has 5 atom stereocenters. The van der Waals surface area contributed by atoms with E-state index in [1.165, 1.54) is 12.1 Å². The normalized spacial score (nSPS) is 28.0. The number of fused-ring (bicyclic) bond motifs is 1. The summed E-state index contributed by atoms with van der Waals surface area (Å²) in [6, 6.07) is 11.5. The summed E-state index contributed by atoms with van der Waals surface area (Å²) in [5, 5.41) is 24.4. The molecule has 0 spiro atoms. The fourth-order valence-corrected chi connectivity index (χ4v) is 4.94. The molecule has 2 saturated heterocycles. The number of benzene rings is 2. The topological polar surface area (TPSA) is 126 Å². The number of carboxylic acids is 1. The molecule has 2 aromatic carbocycles. The summed E-state index contributed by atoms with van der Waals surface area (Å²) in [6.45, 7) is 0. The number of rotatable bonds is 5. The van der Waals surface area contributed by atoms with E-state index in [1.807, 2.05) is 18.2 Å². The van der Waals surface area contributed by atoms with Crippen molar-refractivity contribution in [3.05, 3.63) is 68.2 Å². The first-order chi connectivity index (χ1) is 14.4. The van der Waals surface area contributed by atoms with Gasteiger partial charge in [0, 0.05) is 24.1 Å². The van der Waals surface area contributed by atoms with E-state index in [4.69, 9.17) is 4.74 Å². The highest BCUT2D eigenvalue weighted by Crippen LogP contribution is 2.43. The van der Waals surface area contributed by atoms with Crippen LogP contribution >= 0.6 is 15.9 Å². The highest BCUT2D eigenvalue weighted by molar-refractivity contribution is 9.10. The number of methoxy groups -OCH3 is 1. The van der Waals surface area contributed by atoms with Crippen LogP contribution in [0.15, 0.2) is 46.9 Å². The average Bonchev–Trinajstić information content (AvgIpc) is 3.17. The number of non-ortho nitro benzene ring substituents is 1. The van der Waals surface area contributed by atoms with Gasteiger partial charge < -0.3 is 9.84 Å². The molecule has 158 valence electrons. The predicted molar refractivity (Wildman–Crippen MR) is 112 cm³/mol. The van der Waals surface area contributed by atoms with Crippen LogP contribution in [0.25, 0.3) is 0 Å². The van der Waals surface area contributed by atoms with E-state index < -0.39 is 16.8 Å². The van der Waals surface area contributed by atoms with Gasteiger partial charge in [-0.05, 0) is 45.6 Å². The van der Waals surface area contributed by atoms with Crippen molar-refractivity contribution in [3.8, 4) is 5.75 Å². The Labute approximate surface area is 181 Å². The molecule has 4 N–H and O–H groups in total. The smallest absolute Gasteiger partial charge is 0.307 e. The zero-order chi connectivity index (χ0) is 21.4. The van der Waals surface area contributed by atoms with Gasteiger partial charge in [0.2, 0.25) is 0 Å². The molecule has 9 nitrogen and oxygen atoms in total. The van der Waals surface area contributed by atoms with Gasteiger partial charge in [0.25, 0.3) is 5.69 Å². The van der Waals surface area contributed by atoms with E-state index in [2.05, 4.69) is 32.1 Å². The molecular weight excluding hydrogens is 456 g/mol. The Morgan fingerprint density at radius 2 is 1.90 bits per heavy atom. The van der Waals surface area contributed by atoms with Crippen molar-refractivity contribution in [1.82, 2.24) is 16.2 Å². The number of hydrazine groups is 1. The fourth-order valence-electron chi connectivity index (χ4n) is 4.38. The minimum Gasteiger partial charge on any atom is -0.496 e. The molecule has 0 bridgehead atoms. The lowest BCUT2D eigenvalue weighted by atomic mass is 9.75. The Morgan fingerprint density at radius 1 is 1.20 bits per heavy atom. The van der Waals surface area contributed by atoms with Crippen molar-refractivity contribution < 1.29 is 19.6 Å². The second-order valence-electron chi connectivity index (χ2n) is 7.46. The molecule has 0 amide bonds. The number of hydrogen-bond donors (Lipinski definition) is 4. The molecule has 2 aliphatic rings. The van der Waals surface area contributed by atoms with E-state index in [0.717, 1.165) is 15.6 Å². The summed E-state index contributed by atoms with van der Waals surface area (Å²) in [4.78, 5) is 22.6.